The van der Waals surface area contributed by atoms with Crippen LogP contribution < -0.4 is 10.0 Å². The van der Waals surface area contributed by atoms with Crippen molar-refractivity contribution in [1.82, 2.24) is 0 Å². The molecule has 0 radical (unpaired) electrons. The Kier molecular flexibility index (Phi) is 6.18. The molecule has 0 spiro atoms. The second kappa shape index (κ2) is 8.46. The van der Waals surface area contributed by atoms with Gasteiger partial charge in [0.25, 0.3) is 0 Å². The molecule has 29 heavy (non-hydrogen) atoms. The molecule has 0 aliphatic rings. The first-order valence-electron chi connectivity index (χ1n) is 9.40. The number of para-hydroxylation sites is 1. The van der Waals surface area contributed by atoms with E-state index in [4.69, 9.17) is 4.74 Å². The lowest BCUT2D eigenvalue weighted by atomic mass is 10.0. The molecular formula is C23H22F3O2P. The van der Waals surface area contributed by atoms with Crippen molar-refractivity contribution in [2.24, 2.45) is 0 Å². The van der Waals surface area contributed by atoms with Gasteiger partial charge in [-0.2, -0.15) is 13.2 Å². The highest BCUT2D eigenvalue weighted by molar-refractivity contribution is 7.71. The van der Waals surface area contributed by atoms with E-state index in [9.17, 15) is 17.7 Å². The Labute approximate surface area is 168 Å². The molecule has 0 unspecified atom stereocenters. The van der Waals surface area contributed by atoms with Crippen LogP contribution in [0.15, 0.2) is 72.8 Å². The van der Waals surface area contributed by atoms with Crippen LogP contribution in [0.5, 0.6) is 11.5 Å². The van der Waals surface area contributed by atoms with E-state index in [-0.39, 0.29) is 0 Å². The maximum absolute atomic E-state index is 12.9. The van der Waals surface area contributed by atoms with Gasteiger partial charge in [-0.05, 0) is 35.9 Å². The van der Waals surface area contributed by atoms with Crippen molar-refractivity contribution < 1.29 is 22.5 Å². The Morgan fingerprint density at radius 2 is 1.41 bits per heavy atom. The van der Waals surface area contributed by atoms with Crippen LogP contribution in [0.1, 0.15) is 19.4 Å². The van der Waals surface area contributed by atoms with Gasteiger partial charge in [-0.1, -0.05) is 56.3 Å². The second-order valence-corrected chi connectivity index (χ2v) is 10.2. The van der Waals surface area contributed by atoms with Gasteiger partial charge in [0.2, 0.25) is 0 Å². The Morgan fingerprint density at radius 3 is 1.97 bits per heavy atom. The minimum absolute atomic E-state index is 0.323. The molecule has 0 saturated carbocycles. The van der Waals surface area contributed by atoms with E-state index in [2.05, 4.69) is 0 Å². The number of alkyl halides is 3. The van der Waals surface area contributed by atoms with Gasteiger partial charge in [0.1, 0.15) is 18.6 Å². The summed E-state index contributed by atoms with van der Waals surface area (Å²) in [5.74, 6) is 0.859. The van der Waals surface area contributed by atoms with Gasteiger partial charge in [0, 0.05) is 23.2 Å². The van der Waals surface area contributed by atoms with Crippen molar-refractivity contribution in [3.8, 4) is 22.6 Å². The first kappa shape index (κ1) is 21.2. The molecule has 0 fully saturated rings. The normalized spacial score (nSPS) is 12.0. The molecule has 3 rings (SSSR count). The number of hydrogen-bond acceptors (Lipinski definition) is 2. The molecular weight excluding hydrogens is 396 g/mol. The Bertz CT molecular complexity index is 1000. The molecule has 0 bridgehead atoms. The summed E-state index contributed by atoms with van der Waals surface area (Å²) in [7, 11) is -2.35. The smallest absolute Gasteiger partial charge is 0.416 e. The first-order valence-corrected chi connectivity index (χ1v) is 11.5. The summed E-state index contributed by atoms with van der Waals surface area (Å²) < 4.78 is 57.0. The maximum Gasteiger partial charge on any atom is 0.416 e. The van der Waals surface area contributed by atoms with Crippen LogP contribution in [0.4, 0.5) is 13.2 Å². The minimum Gasteiger partial charge on any atom is -0.457 e. The zero-order chi connectivity index (χ0) is 21.1. The summed E-state index contributed by atoms with van der Waals surface area (Å²) in [5.41, 5.74) is 0.974. The fourth-order valence-electron chi connectivity index (χ4n) is 3.13. The molecule has 6 heteroatoms. The third-order valence-corrected chi connectivity index (χ3v) is 8.25. The molecule has 152 valence electrons. The van der Waals surface area contributed by atoms with E-state index < -0.39 is 18.9 Å². The van der Waals surface area contributed by atoms with Crippen molar-refractivity contribution in [3.63, 3.8) is 0 Å². The van der Waals surface area contributed by atoms with Gasteiger partial charge in [-0.15, -0.1) is 0 Å². The predicted molar refractivity (Wildman–Crippen MR) is 112 cm³/mol. The van der Waals surface area contributed by atoms with E-state index in [0.717, 1.165) is 28.6 Å². The van der Waals surface area contributed by atoms with Gasteiger partial charge < -0.3 is 9.30 Å². The van der Waals surface area contributed by atoms with Crippen LogP contribution in [0.3, 0.4) is 0 Å². The highest BCUT2D eigenvalue weighted by atomic mass is 31.2. The molecule has 3 aromatic carbocycles. The molecule has 0 aliphatic heterocycles. The van der Waals surface area contributed by atoms with Gasteiger partial charge >= 0.3 is 6.18 Å². The summed E-state index contributed by atoms with van der Waals surface area (Å²) in [4.78, 5) is 0. The lowest BCUT2D eigenvalue weighted by Gasteiger charge is -2.16. The van der Waals surface area contributed by atoms with Crippen LogP contribution in [0.2, 0.25) is 0 Å². The molecule has 0 atom stereocenters. The first-order chi connectivity index (χ1) is 13.8. The SMILES string of the molecule is CCP(=O)(CC)c1ccc(-c2ccccc2Oc2ccc(C(F)(F)F)cc2)cc1. The van der Waals surface area contributed by atoms with Crippen LogP contribution in [0, 0.1) is 0 Å². The van der Waals surface area contributed by atoms with Crippen molar-refractivity contribution in [2.75, 3.05) is 12.3 Å². The zero-order valence-corrected chi connectivity index (χ0v) is 17.1. The second-order valence-electron chi connectivity index (χ2n) is 6.69. The zero-order valence-electron chi connectivity index (χ0n) is 16.2. The molecule has 0 amide bonds. The Morgan fingerprint density at radius 1 is 0.828 bits per heavy atom. The van der Waals surface area contributed by atoms with Crippen LogP contribution >= 0.6 is 7.14 Å². The summed E-state index contributed by atoms with van der Waals surface area (Å²) >= 11 is 0. The largest absolute Gasteiger partial charge is 0.457 e. The number of rotatable bonds is 6. The van der Waals surface area contributed by atoms with Crippen LogP contribution in [0.25, 0.3) is 11.1 Å². The van der Waals surface area contributed by atoms with Crippen LogP contribution in [-0.4, -0.2) is 12.3 Å². The number of benzene rings is 3. The van der Waals surface area contributed by atoms with Crippen LogP contribution in [-0.2, 0) is 10.7 Å². The topological polar surface area (TPSA) is 26.3 Å². The number of ether oxygens (including phenoxy) is 1. The van der Waals surface area contributed by atoms with E-state index in [1.807, 2.05) is 50.2 Å². The van der Waals surface area contributed by atoms with Crippen molar-refractivity contribution >= 4 is 12.4 Å². The van der Waals surface area contributed by atoms with Gasteiger partial charge in [0.05, 0.1) is 5.56 Å². The minimum atomic E-state index is -4.38. The third-order valence-electron chi connectivity index (χ3n) is 4.97. The lowest BCUT2D eigenvalue weighted by molar-refractivity contribution is -0.137. The third kappa shape index (κ3) is 4.73. The van der Waals surface area contributed by atoms with Gasteiger partial charge in [-0.25, -0.2) is 0 Å². The van der Waals surface area contributed by atoms with E-state index in [1.165, 1.54) is 12.1 Å². The van der Waals surface area contributed by atoms with Gasteiger partial charge in [0.15, 0.2) is 0 Å². The maximum atomic E-state index is 12.9. The standard InChI is InChI=1S/C23H22F3O2P/c1-3-29(27,4-2)20-15-9-17(10-16-20)21-7-5-6-8-22(21)28-19-13-11-18(12-14-19)23(24,25)26/h5-16H,3-4H2,1-2H3. The van der Waals surface area contributed by atoms with E-state index in [1.54, 1.807) is 12.1 Å². The van der Waals surface area contributed by atoms with Gasteiger partial charge in [-0.3, -0.25) is 0 Å². The lowest BCUT2D eigenvalue weighted by Crippen LogP contribution is -2.08. The summed E-state index contributed by atoms with van der Waals surface area (Å²) in [6.07, 6.45) is -3.14. The predicted octanol–water partition coefficient (Wildman–Crippen LogP) is 7.19. The summed E-state index contributed by atoms with van der Waals surface area (Å²) in [6.45, 7) is 3.87. The highest BCUT2D eigenvalue weighted by Crippen LogP contribution is 2.44. The van der Waals surface area contributed by atoms with Crippen molar-refractivity contribution in [1.29, 1.82) is 0 Å². The summed E-state index contributed by atoms with van der Waals surface area (Å²) in [5, 5.41) is 0.854. The highest BCUT2D eigenvalue weighted by Gasteiger charge is 2.30. The Balaban J connectivity index is 1.89. The molecule has 0 heterocycles. The molecule has 2 nitrogen and oxygen atoms in total. The quantitative estimate of drug-likeness (QED) is 0.396. The van der Waals surface area contributed by atoms with Crippen molar-refractivity contribution in [3.05, 3.63) is 78.4 Å². The molecule has 3 aromatic rings. The number of hydrogen-bond donors (Lipinski definition) is 0. The molecule has 0 aromatic heterocycles. The fraction of sp³-hybridized carbons (Fsp3) is 0.217. The Hall–Kier alpha value is -2.52. The molecule has 0 saturated heterocycles. The fourth-order valence-corrected chi connectivity index (χ4v) is 5.00. The molecule has 0 N–H and O–H groups in total. The average molecular weight is 418 g/mol. The average Bonchev–Trinajstić information content (AvgIpc) is 2.73. The van der Waals surface area contributed by atoms with E-state index in [0.29, 0.717) is 23.8 Å². The number of halogens is 3. The molecule has 0 aliphatic carbocycles. The summed E-state index contributed by atoms with van der Waals surface area (Å²) in [6, 6.07) is 19.5. The van der Waals surface area contributed by atoms with E-state index >= 15 is 0 Å². The monoisotopic (exact) mass is 418 g/mol. The van der Waals surface area contributed by atoms with Crippen molar-refractivity contribution in [2.45, 2.75) is 20.0 Å².